The Kier molecular flexibility index (Phi) is 3.48. The minimum Gasteiger partial charge on any atom is -0.298 e. The Balaban J connectivity index is 2.16. The van der Waals surface area contributed by atoms with Crippen molar-refractivity contribution < 1.29 is 0 Å². The van der Waals surface area contributed by atoms with Crippen LogP contribution >= 0.6 is 27.3 Å². The van der Waals surface area contributed by atoms with E-state index < -0.39 is 0 Å². The van der Waals surface area contributed by atoms with Gasteiger partial charge in [-0.15, -0.1) is 11.3 Å². The number of halogens is 1. The highest BCUT2D eigenvalue weighted by molar-refractivity contribution is 9.09. The molecule has 3 nitrogen and oxygen atoms in total. The molecule has 0 spiro atoms. The Bertz CT molecular complexity index is 764. The minimum absolute atomic E-state index is 0.0304. The standard InChI is InChI=1S/C14H11BrN2OS/c15-6-7-17-9-16-13-11(14(17)18)8-12(19-13)10-4-2-1-3-5-10/h1-5,8-9H,6-7H2. The fourth-order valence-corrected chi connectivity index (χ4v) is 3.33. The van der Waals surface area contributed by atoms with Crippen LogP contribution in [0.15, 0.2) is 47.5 Å². The van der Waals surface area contributed by atoms with Crippen LogP contribution in [0, 0.1) is 0 Å². The number of aromatic nitrogens is 2. The summed E-state index contributed by atoms with van der Waals surface area (Å²) in [5.74, 6) is 0. The Morgan fingerprint density at radius 2 is 2.05 bits per heavy atom. The van der Waals surface area contributed by atoms with Gasteiger partial charge >= 0.3 is 0 Å². The van der Waals surface area contributed by atoms with Crippen LogP contribution in [0.4, 0.5) is 0 Å². The summed E-state index contributed by atoms with van der Waals surface area (Å²) in [6.07, 6.45) is 1.62. The topological polar surface area (TPSA) is 34.9 Å². The van der Waals surface area contributed by atoms with E-state index in [-0.39, 0.29) is 5.56 Å². The van der Waals surface area contributed by atoms with Crippen LogP contribution in [0.3, 0.4) is 0 Å². The first-order chi connectivity index (χ1) is 9.29. The van der Waals surface area contributed by atoms with Gasteiger partial charge < -0.3 is 0 Å². The summed E-state index contributed by atoms with van der Waals surface area (Å²) in [6, 6.07) is 12.0. The van der Waals surface area contributed by atoms with E-state index in [0.29, 0.717) is 11.9 Å². The molecule has 5 heteroatoms. The Hall–Kier alpha value is -1.46. The van der Waals surface area contributed by atoms with Crippen molar-refractivity contribution in [3.05, 3.63) is 53.1 Å². The van der Waals surface area contributed by atoms with Crippen molar-refractivity contribution in [1.82, 2.24) is 9.55 Å². The van der Waals surface area contributed by atoms with E-state index in [4.69, 9.17) is 0 Å². The van der Waals surface area contributed by atoms with E-state index in [1.54, 1.807) is 22.2 Å². The highest BCUT2D eigenvalue weighted by Gasteiger charge is 2.09. The molecule has 0 aliphatic carbocycles. The van der Waals surface area contributed by atoms with Gasteiger partial charge in [0.15, 0.2) is 0 Å². The molecule has 0 fully saturated rings. The third-order valence-corrected chi connectivity index (χ3v) is 4.35. The fraction of sp³-hybridized carbons (Fsp3) is 0.143. The Labute approximate surface area is 122 Å². The lowest BCUT2D eigenvalue weighted by Gasteiger charge is -2.00. The quantitative estimate of drug-likeness (QED) is 0.687. The van der Waals surface area contributed by atoms with Crippen molar-refractivity contribution >= 4 is 37.5 Å². The van der Waals surface area contributed by atoms with E-state index in [9.17, 15) is 4.79 Å². The van der Waals surface area contributed by atoms with Crippen LogP contribution in [0.25, 0.3) is 20.7 Å². The lowest BCUT2D eigenvalue weighted by molar-refractivity contribution is 0.729. The maximum atomic E-state index is 12.3. The zero-order valence-electron chi connectivity index (χ0n) is 10.0. The molecule has 2 heterocycles. The molecule has 1 aromatic carbocycles. The molecule has 0 saturated heterocycles. The molecule has 0 bridgehead atoms. The van der Waals surface area contributed by atoms with Crippen LogP contribution in [0.2, 0.25) is 0 Å². The molecular weight excluding hydrogens is 324 g/mol. The van der Waals surface area contributed by atoms with Gasteiger partial charge in [-0.3, -0.25) is 9.36 Å². The van der Waals surface area contributed by atoms with E-state index in [1.807, 2.05) is 36.4 Å². The number of hydrogen-bond acceptors (Lipinski definition) is 3. The summed E-state index contributed by atoms with van der Waals surface area (Å²) in [5.41, 5.74) is 1.15. The predicted molar refractivity (Wildman–Crippen MR) is 83.1 cm³/mol. The molecule has 0 aliphatic heterocycles. The average molecular weight is 335 g/mol. The second-order valence-electron chi connectivity index (χ2n) is 4.13. The number of thiophene rings is 1. The number of rotatable bonds is 3. The summed E-state index contributed by atoms with van der Waals surface area (Å²) < 4.78 is 1.64. The van der Waals surface area contributed by atoms with E-state index in [1.165, 1.54) is 0 Å². The third kappa shape index (κ3) is 2.35. The summed E-state index contributed by atoms with van der Waals surface area (Å²) in [5, 5.41) is 1.45. The largest absolute Gasteiger partial charge is 0.298 e. The molecule has 0 atom stereocenters. The number of nitrogens with zero attached hydrogens (tertiary/aromatic N) is 2. The van der Waals surface area contributed by atoms with Gasteiger partial charge in [-0.25, -0.2) is 4.98 Å². The van der Waals surface area contributed by atoms with Crippen molar-refractivity contribution in [1.29, 1.82) is 0 Å². The molecule has 0 N–H and O–H groups in total. The first kappa shape index (κ1) is 12.6. The molecule has 0 saturated carbocycles. The number of hydrogen-bond donors (Lipinski definition) is 0. The van der Waals surface area contributed by atoms with E-state index in [0.717, 1.165) is 20.6 Å². The second-order valence-corrected chi connectivity index (χ2v) is 5.95. The zero-order valence-corrected chi connectivity index (χ0v) is 12.4. The summed E-state index contributed by atoms with van der Waals surface area (Å²) >= 11 is 4.90. The molecule has 3 aromatic rings. The van der Waals surface area contributed by atoms with Gasteiger partial charge in [-0.2, -0.15) is 0 Å². The molecule has 0 unspecified atom stereocenters. The van der Waals surface area contributed by atoms with Gasteiger partial charge in [-0.1, -0.05) is 46.3 Å². The van der Waals surface area contributed by atoms with Crippen molar-refractivity contribution in [3.63, 3.8) is 0 Å². The average Bonchev–Trinajstić information content (AvgIpc) is 2.88. The minimum atomic E-state index is 0.0304. The van der Waals surface area contributed by atoms with Crippen LogP contribution < -0.4 is 5.56 Å². The Morgan fingerprint density at radius 1 is 1.26 bits per heavy atom. The smallest absolute Gasteiger partial charge is 0.262 e. The van der Waals surface area contributed by atoms with Crippen LogP contribution in [-0.2, 0) is 6.54 Å². The van der Waals surface area contributed by atoms with Gasteiger partial charge in [0.2, 0.25) is 0 Å². The number of fused-ring (bicyclic) bond motifs is 1. The van der Waals surface area contributed by atoms with Crippen molar-refractivity contribution in [2.24, 2.45) is 0 Å². The highest BCUT2D eigenvalue weighted by atomic mass is 79.9. The summed E-state index contributed by atoms with van der Waals surface area (Å²) in [4.78, 5) is 18.5. The first-order valence-electron chi connectivity index (χ1n) is 5.90. The Morgan fingerprint density at radius 3 is 2.79 bits per heavy atom. The van der Waals surface area contributed by atoms with Crippen LogP contribution in [0.1, 0.15) is 0 Å². The molecule has 0 aliphatic rings. The fourth-order valence-electron chi connectivity index (χ4n) is 1.95. The number of alkyl halides is 1. The number of benzene rings is 1. The SMILES string of the molecule is O=c1c2cc(-c3ccccc3)sc2ncn1CCBr. The van der Waals surface area contributed by atoms with Gasteiger partial charge in [0.25, 0.3) is 5.56 Å². The van der Waals surface area contributed by atoms with Gasteiger partial charge in [-0.05, 0) is 11.6 Å². The normalized spacial score (nSPS) is 11.0. The summed E-state index contributed by atoms with van der Waals surface area (Å²) in [7, 11) is 0. The monoisotopic (exact) mass is 334 g/mol. The number of aryl methyl sites for hydroxylation is 1. The molecule has 0 radical (unpaired) electrons. The predicted octanol–water partition coefficient (Wildman–Crippen LogP) is 3.52. The molecule has 19 heavy (non-hydrogen) atoms. The lowest BCUT2D eigenvalue weighted by Crippen LogP contribution is -2.20. The first-order valence-corrected chi connectivity index (χ1v) is 7.84. The maximum Gasteiger partial charge on any atom is 0.262 e. The van der Waals surface area contributed by atoms with Crippen molar-refractivity contribution in [2.45, 2.75) is 6.54 Å². The van der Waals surface area contributed by atoms with Gasteiger partial charge in [0, 0.05) is 16.8 Å². The highest BCUT2D eigenvalue weighted by Crippen LogP contribution is 2.30. The van der Waals surface area contributed by atoms with E-state index in [2.05, 4.69) is 20.9 Å². The van der Waals surface area contributed by atoms with Crippen LogP contribution in [-0.4, -0.2) is 14.9 Å². The molecule has 96 valence electrons. The molecular formula is C14H11BrN2OS. The van der Waals surface area contributed by atoms with Crippen molar-refractivity contribution in [2.75, 3.05) is 5.33 Å². The zero-order chi connectivity index (χ0) is 13.2. The maximum absolute atomic E-state index is 12.3. The van der Waals surface area contributed by atoms with Gasteiger partial charge in [0.1, 0.15) is 4.83 Å². The second kappa shape index (κ2) is 5.27. The molecule has 2 aromatic heterocycles. The van der Waals surface area contributed by atoms with Crippen LogP contribution in [0.5, 0.6) is 0 Å². The van der Waals surface area contributed by atoms with Gasteiger partial charge in [0.05, 0.1) is 11.7 Å². The lowest BCUT2D eigenvalue weighted by atomic mass is 10.2. The third-order valence-electron chi connectivity index (χ3n) is 2.90. The molecule has 0 amide bonds. The molecule has 3 rings (SSSR count). The van der Waals surface area contributed by atoms with E-state index >= 15 is 0 Å². The summed E-state index contributed by atoms with van der Waals surface area (Å²) in [6.45, 7) is 0.637. The van der Waals surface area contributed by atoms with Crippen molar-refractivity contribution in [3.8, 4) is 10.4 Å².